The molecule has 0 aliphatic heterocycles. The first-order valence-electron chi connectivity index (χ1n) is 4.49. The van der Waals surface area contributed by atoms with Crippen molar-refractivity contribution in [2.75, 3.05) is 20.3 Å². The van der Waals surface area contributed by atoms with Gasteiger partial charge in [0, 0.05) is 39.8 Å². The molecular weight excluding hydrogens is 309 g/mol. The van der Waals surface area contributed by atoms with Crippen molar-refractivity contribution in [3.8, 4) is 0 Å². The summed E-state index contributed by atoms with van der Waals surface area (Å²) in [6, 6.07) is 0. The van der Waals surface area contributed by atoms with Crippen LogP contribution in [0.3, 0.4) is 0 Å². The van der Waals surface area contributed by atoms with Crippen LogP contribution in [-0.2, 0) is 56.5 Å². The second kappa shape index (κ2) is 18.3. The van der Waals surface area contributed by atoms with Gasteiger partial charge in [0.05, 0.1) is 12.7 Å². The van der Waals surface area contributed by atoms with Crippen LogP contribution >= 0.6 is 0 Å². The van der Waals surface area contributed by atoms with Crippen molar-refractivity contribution in [1.29, 1.82) is 0 Å². The molecule has 0 saturated carbocycles. The SMILES string of the molecule is CCC(CO)OC(CO[C-]=O)OC.O=[C-]O.[Y]. The standard InChI is InChI=1S/C8H15O5.CHO2.Y/c1-3-7(4-9)13-8(11-2)5-12-6-10;2-1-3;/h7-9H,3-5H2,1-2H3;(H,2,3);/q2*-1;. The molecule has 0 aliphatic rings. The quantitative estimate of drug-likeness (QED) is 0.455. The van der Waals surface area contributed by atoms with E-state index in [-0.39, 0.29) is 52.0 Å². The van der Waals surface area contributed by atoms with Crippen LogP contribution in [0.15, 0.2) is 0 Å². The van der Waals surface area contributed by atoms with Crippen molar-refractivity contribution in [2.45, 2.75) is 25.7 Å². The van der Waals surface area contributed by atoms with E-state index in [4.69, 9.17) is 24.5 Å². The third-order valence-electron chi connectivity index (χ3n) is 1.54. The van der Waals surface area contributed by atoms with Crippen LogP contribution in [0.2, 0.25) is 0 Å². The van der Waals surface area contributed by atoms with Gasteiger partial charge in [0.25, 0.3) is 0 Å². The molecule has 7 nitrogen and oxygen atoms in total. The Morgan fingerprint density at radius 2 is 1.88 bits per heavy atom. The van der Waals surface area contributed by atoms with Crippen LogP contribution < -0.4 is 0 Å². The summed E-state index contributed by atoms with van der Waals surface area (Å²) in [5.41, 5.74) is 0. The van der Waals surface area contributed by atoms with Crippen LogP contribution in [0.4, 0.5) is 0 Å². The van der Waals surface area contributed by atoms with E-state index in [9.17, 15) is 4.79 Å². The molecule has 0 aromatic carbocycles. The second-order valence-corrected chi connectivity index (χ2v) is 2.50. The van der Waals surface area contributed by atoms with Crippen molar-refractivity contribution in [2.24, 2.45) is 0 Å². The summed E-state index contributed by atoms with van der Waals surface area (Å²) in [5, 5.41) is 15.6. The average molecular weight is 325 g/mol. The maximum Gasteiger partial charge on any atom is 0.188 e. The van der Waals surface area contributed by atoms with Crippen LogP contribution in [0.25, 0.3) is 0 Å². The predicted octanol–water partition coefficient (Wildman–Crippen LogP) is -0.561. The molecule has 2 atom stereocenters. The molecule has 0 fully saturated rings. The Labute approximate surface area is 125 Å². The topological polar surface area (TPSA) is 102 Å². The van der Waals surface area contributed by atoms with E-state index >= 15 is 0 Å². The van der Waals surface area contributed by atoms with Crippen molar-refractivity contribution in [1.82, 2.24) is 0 Å². The molecule has 0 aliphatic carbocycles. The van der Waals surface area contributed by atoms with E-state index in [0.717, 1.165) is 0 Å². The van der Waals surface area contributed by atoms with Gasteiger partial charge in [0.2, 0.25) is 0 Å². The van der Waals surface area contributed by atoms with E-state index in [1.165, 1.54) is 13.6 Å². The fraction of sp³-hybridized carbons (Fsp3) is 0.778. The monoisotopic (exact) mass is 325 g/mol. The molecule has 0 rings (SSSR count). The molecule has 8 heteroatoms. The molecule has 0 bridgehead atoms. The smallest absolute Gasteiger partial charge is 0.188 e. The summed E-state index contributed by atoms with van der Waals surface area (Å²) in [6.45, 7) is 3.55. The second-order valence-electron chi connectivity index (χ2n) is 2.50. The molecule has 0 saturated heterocycles. The Bertz CT molecular complexity index is 163. The van der Waals surface area contributed by atoms with Gasteiger partial charge in [0.15, 0.2) is 6.29 Å². The fourth-order valence-electron chi connectivity index (χ4n) is 0.748. The Hall–Kier alpha value is -0.0761. The number of hydrogen-bond donors (Lipinski definition) is 2. The third kappa shape index (κ3) is 15.9. The van der Waals surface area contributed by atoms with Gasteiger partial charge in [-0.3, -0.25) is 0 Å². The molecule has 0 heterocycles. The summed E-state index contributed by atoms with van der Waals surface area (Å²) in [4.78, 5) is 18.0. The number of rotatable bonds is 8. The Balaban J connectivity index is -0.000000440. The zero-order valence-electron chi connectivity index (χ0n) is 9.79. The normalized spacial score (nSPS) is 12.2. The van der Waals surface area contributed by atoms with E-state index in [1.807, 2.05) is 6.92 Å². The van der Waals surface area contributed by atoms with Crippen LogP contribution in [-0.4, -0.2) is 55.9 Å². The van der Waals surface area contributed by atoms with E-state index in [1.54, 1.807) is 0 Å². The van der Waals surface area contributed by atoms with Crippen molar-refractivity contribution in [3.63, 3.8) is 0 Å². The first-order valence-corrected chi connectivity index (χ1v) is 4.49. The molecule has 0 aromatic rings. The molecule has 99 valence electrons. The number of ether oxygens (including phenoxy) is 3. The Morgan fingerprint density at radius 1 is 1.35 bits per heavy atom. The predicted molar refractivity (Wildman–Crippen MR) is 53.0 cm³/mol. The number of carbonyl (C=O) groups excluding carboxylic acids is 1. The van der Waals surface area contributed by atoms with Gasteiger partial charge in [-0.2, -0.15) is 0 Å². The first kappa shape index (κ1) is 22.1. The van der Waals surface area contributed by atoms with E-state index < -0.39 is 6.29 Å². The maximum absolute atomic E-state index is 9.74. The number of aliphatic hydroxyl groups is 1. The molecule has 1 radical (unpaired) electrons. The minimum absolute atomic E-state index is 0. The zero-order chi connectivity index (χ0) is 12.8. The molecule has 17 heavy (non-hydrogen) atoms. The summed E-state index contributed by atoms with van der Waals surface area (Å²) < 4.78 is 14.4. The van der Waals surface area contributed by atoms with Gasteiger partial charge in [-0.25, -0.2) is 0 Å². The van der Waals surface area contributed by atoms with Crippen molar-refractivity contribution in [3.05, 3.63) is 0 Å². The van der Waals surface area contributed by atoms with Gasteiger partial charge < -0.3 is 34.0 Å². The molecule has 2 N–H and O–H groups in total. The average Bonchev–Trinajstić information content (AvgIpc) is 2.31. The Kier molecular flexibility index (Phi) is 23.8. The molecule has 0 aromatic heterocycles. The Morgan fingerprint density at radius 3 is 2.18 bits per heavy atom. The van der Waals surface area contributed by atoms with Crippen molar-refractivity contribution < 1.29 is 66.7 Å². The molecular formula is C9H16O7Y-2. The van der Waals surface area contributed by atoms with Gasteiger partial charge in [-0.05, 0) is 6.42 Å². The molecule has 0 amide bonds. The number of aliphatic hydroxyl groups excluding tert-OH is 2. The fourth-order valence-corrected chi connectivity index (χ4v) is 0.748. The first-order chi connectivity index (χ1) is 7.69. The minimum atomic E-state index is -0.640. The van der Waals surface area contributed by atoms with Crippen LogP contribution in [0.5, 0.6) is 0 Å². The summed E-state index contributed by atoms with van der Waals surface area (Å²) in [5.74, 6) is 0. The zero-order valence-corrected chi connectivity index (χ0v) is 12.6. The minimum Gasteiger partial charge on any atom is -0.665 e. The maximum atomic E-state index is 9.74. The van der Waals surface area contributed by atoms with Gasteiger partial charge in [0.1, 0.15) is 6.61 Å². The van der Waals surface area contributed by atoms with Gasteiger partial charge in [-0.15, -0.1) is 0 Å². The van der Waals surface area contributed by atoms with Crippen LogP contribution in [0, 0.1) is 0 Å². The summed E-state index contributed by atoms with van der Waals surface area (Å²) in [7, 11) is 1.43. The third-order valence-corrected chi connectivity index (χ3v) is 1.54. The van der Waals surface area contributed by atoms with E-state index in [2.05, 4.69) is 4.74 Å². The molecule has 2 unspecified atom stereocenters. The van der Waals surface area contributed by atoms with Gasteiger partial charge >= 0.3 is 0 Å². The molecule has 0 spiro atoms. The van der Waals surface area contributed by atoms with Crippen molar-refractivity contribution >= 4 is 12.9 Å². The van der Waals surface area contributed by atoms with E-state index in [0.29, 0.717) is 12.9 Å². The summed E-state index contributed by atoms with van der Waals surface area (Å²) >= 11 is 0. The van der Waals surface area contributed by atoms with Gasteiger partial charge in [-0.1, -0.05) is 19.9 Å². The number of hydrogen-bond acceptors (Lipinski definition) is 6. The van der Waals surface area contributed by atoms with Crippen LogP contribution in [0.1, 0.15) is 13.3 Å². The summed E-state index contributed by atoms with van der Waals surface area (Å²) in [6.07, 6.45) is -0.264. The largest absolute Gasteiger partial charge is 0.665 e. The number of methoxy groups -OCH3 is 1.